The highest BCUT2D eigenvalue weighted by Gasteiger charge is 2.22. The van der Waals surface area contributed by atoms with Gasteiger partial charge in [0.15, 0.2) is 0 Å². The van der Waals surface area contributed by atoms with Gasteiger partial charge in [-0.25, -0.2) is 0 Å². The van der Waals surface area contributed by atoms with E-state index in [-0.39, 0.29) is 6.61 Å². The Labute approximate surface area is 95.3 Å². The molecular formula is C12H17NOS. The summed E-state index contributed by atoms with van der Waals surface area (Å²) in [6.45, 7) is 2.08. The second-order valence-corrected chi connectivity index (χ2v) is 5.38. The van der Waals surface area contributed by atoms with E-state index in [1.807, 2.05) is 11.8 Å². The zero-order valence-corrected chi connectivity index (χ0v) is 9.83. The average Bonchev–Trinajstić information content (AvgIpc) is 2.59. The van der Waals surface area contributed by atoms with Gasteiger partial charge in [-0.2, -0.15) is 0 Å². The molecule has 15 heavy (non-hydrogen) atoms. The predicted octanol–water partition coefficient (Wildman–Crippen LogP) is 1.63. The predicted molar refractivity (Wildman–Crippen MR) is 64.4 cm³/mol. The summed E-state index contributed by atoms with van der Waals surface area (Å²) in [4.78, 5) is 3.63. The van der Waals surface area contributed by atoms with Crippen LogP contribution in [0.3, 0.4) is 0 Å². The number of nitrogens with zero attached hydrogens (tertiary/aromatic N) is 1. The van der Waals surface area contributed by atoms with Crippen LogP contribution >= 0.6 is 11.8 Å². The van der Waals surface area contributed by atoms with Crippen molar-refractivity contribution in [3.05, 3.63) is 29.8 Å². The van der Waals surface area contributed by atoms with Gasteiger partial charge in [0.25, 0.3) is 0 Å². The SMILES string of the molecule is CN(CCO)CC1Cc2ccccc2S1. The van der Waals surface area contributed by atoms with E-state index in [1.165, 1.54) is 10.5 Å². The highest BCUT2D eigenvalue weighted by molar-refractivity contribution is 8.00. The summed E-state index contributed by atoms with van der Waals surface area (Å²) in [6, 6.07) is 8.63. The van der Waals surface area contributed by atoms with E-state index >= 15 is 0 Å². The number of fused-ring (bicyclic) bond motifs is 1. The molecular weight excluding hydrogens is 206 g/mol. The number of aliphatic hydroxyl groups excluding tert-OH is 1. The zero-order chi connectivity index (χ0) is 10.7. The lowest BCUT2D eigenvalue weighted by Gasteiger charge is -2.18. The van der Waals surface area contributed by atoms with Crippen LogP contribution in [0.4, 0.5) is 0 Å². The third-order valence-electron chi connectivity index (χ3n) is 2.71. The van der Waals surface area contributed by atoms with Crippen LogP contribution in [0, 0.1) is 0 Å². The van der Waals surface area contributed by atoms with Crippen LogP contribution in [0.5, 0.6) is 0 Å². The minimum Gasteiger partial charge on any atom is -0.395 e. The maximum absolute atomic E-state index is 8.84. The first-order chi connectivity index (χ1) is 7.29. The monoisotopic (exact) mass is 223 g/mol. The van der Waals surface area contributed by atoms with Gasteiger partial charge in [-0.15, -0.1) is 11.8 Å². The Bertz CT molecular complexity index is 304. The van der Waals surface area contributed by atoms with Crippen LogP contribution in [-0.2, 0) is 6.42 Å². The quantitative estimate of drug-likeness (QED) is 0.839. The van der Waals surface area contributed by atoms with Crippen molar-refractivity contribution in [2.75, 3.05) is 26.7 Å². The van der Waals surface area contributed by atoms with Gasteiger partial charge >= 0.3 is 0 Å². The van der Waals surface area contributed by atoms with Crippen LogP contribution in [0.15, 0.2) is 29.2 Å². The first-order valence-electron chi connectivity index (χ1n) is 5.33. The number of rotatable bonds is 4. The van der Waals surface area contributed by atoms with E-state index in [4.69, 9.17) is 5.11 Å². The fourth-order valence-corrected chi connectivity index (χ4v) is 3.38. The molecule has 1 heterocycles. The number of likely N-dealkylation sites (N-methyl/N-ethyl adjacent to an activating group) is 1. The highest BCUT2D eigenvalue weighted by atomic mass is 32.2. The molecule has 0 fully saturated rings. The van der Waals surface area contributed by atoms with Crippen molar-refractivity contribution in [1.29, 1.82) is 0 Å². The van der Waals surface area contributed by atoms with Crippen molar-refractivity contribution < 1.29 is 5.11 Å². The molecule has 0 aliphatic carbocycles. The number of thioether (sulfide) groups is 1. The third kappa shape index (κ3) is 2.74. The van der Waals surface area contributed by atoms with Gasteiger partial charge in [0.1, 0.15) is 0 Å². The first kappa shape index (κ1) is 11.0. The van der Waals surface area contributed by atoms with Gasteiger partial charge in [-0.05, 0) is 25.1 Å². The van der Waals surface area contributed by atoms with Gasteiger partial charge in [-0.1, -0.05) is 18.2 Å². The number of benzene rings is 1. The van der Waals surface area contributed by atoms with Gasteiger partial charge in [0.05, 0.1) is 6.61 Å². The molecule has 82 valence electrons. The Morgan fingerprint density at radius 1 is 1.47 bits per heavy atom. The first-order valence-corrected chi connectivity index (χ1v) is 6.21. The third-order valence-corrected chi connectivity index (χ3v) is 4.01. The molecule has 1 unspecified atom stereocenters. The highest BCUT2D eigenvalue weighted by Crippen LogP contribution is 2.36. The largest absolute Gasteiger partial charge is 0.395 e. The van der Waals surface area contributed by atoms with Gasteiger partial charge in [0, 0.05) is 23.2 Å². The molecule has 1 N–H and O–H groups in total. The Morgan fingerprint density at radius 3 is 3.00 bits per heavy atom. The molecule has 3 heteroatoms. The normalized spacial score (nSPS) is 19.5. The van der Waals surface area contributed by atoms with Crippen LogP contribution in [0.25, 0.3) is 0 Å². The molecule has 0 saturated carbocycles. The minimum absolute atomic E-state index is 0.251. The molecule has 0 spiro atoms. The fraction of sp³-hybridized carbons (Fsp3) is 0.500. The summed E-state index contributed by atoms with van der Waals surface area (Å²) in [7, 11) is 2.07. The van der Waals surface area contributed by atoms with Crippen molar-refractivity contribution in [2.45, 2.75) is 16.6 Å². The van der Waals surface area contributed by atoms with Crippen LogP contribution in [0.1, 0.15) is 5.56 Å². The van der Waals surface area contributed by atoms with E-state index < -0.39 is 0 Å². The zero-order valence-electron chi connectivity index (χ0n) is 9.02. The van der Waals surface area contributed by atoms with E-state index in [2.05, 4.69) is 36.2 Å². The number of aliphatic hydroxyl groups is 1. The molecule has 0 saturated heterocycles. The molecule has 0 radical (unpaired) electrons. The van der Waals surface area contributed by atoms with E-state index in [1.54, 1.807) is 0 Å². The fourth-order valence-electron chi connectivity index (χ4n) is 1.97. The smallest absolute Gasteiger partial charge is 0.0558 e. The molecule has 1 atom stereocenters. The van der Waals surface area contributed by atoms with E-state index in [9.17, 15) is 0 Å². The maximum Gasteiger partial charge on any atom is 0.0558 e. The van der Waals surface area contributed by atoms with E-state index in [0.29, 0.717) is 5.25 Å². The second kappa shape index (κ2) is 5.01. The van der Waals surface area contributed by atoms with Crippen LogP contribution in [-0.4, -0.2) is 42.0 Å². The number of hydrogen-bond donors (Lipinski definition) is 1. The molecule has 0 bridgehead atoms. The van der Waals surface area contributed by atoms with Gasteiger partial charge < -0.3 is 10.0 Å². The molecule has 0 amide bonds. The Hall–Kier alpha value is -0.510. The maximum atomic E-state index is 8.84. The molecule has 1 aromatic rings. The molecule has 2 rings (SSSR count). The van der Waals surface area contributed by atoms with Crippen molar-refractivity contribution in [2.24, 2.45) is 0 Å². The second-order valence-electron chi connectivity index (χ2n) is 4.04. The lowest BCUT2D eigenvalue weighted by Crippen LogP contribution is -2.29. The van der Waals surface area contributed by atoms with Crippen molar-refractivity contribution in [1.82, 2.24) is 4.90 Å². The Kier molecular flexibility index (Phi) is 3.67. The van der Waals surface area contributed by atoms with Gasteiger partial charge in [0.2, 0.25) is 0 Å². The number of hydrogen-bond acceptors (Lipinski definition) is 3. The topological polar surface area (TPSA) is 23.5 Å². The standard InChI is InChI=1S/C12H17NOS/c1-13(6-7-14)9-11-8-10-4-2-3-5-12(10)15-11/h2-5,11,14H,6-9H2,1H3. The molecule has 0 aromatic heterocycles. The molecule has 1 aliphatic rings. The van der Waals surface area contributed by atoms with E-state index in [0.717, 1.165) is 19.5 Å². The summed E-state index contributed by atoms with van der Waals surface area (Å²) in [5.74, 6) is 0. The lowest BCUT2D eigenvalue weighted by atomic mass is 10.1. The average molecular weight is 223 g/mol. The summed E-state index contributed by atoms with van der Waals surface area (Å²) in [5, 5.41) is 9.49. The molecule has 2 nitrogen and oxygen atoms in total. The minimum atomic E-state index is 0.251. The summed E-state index contributed by atoms with van der Waals surface area (Å²) >= 11 is 1.97. The molecule has 1 aromatic carbocycles. The summed E-state index contributed by atoms with van der Waals surface area (Å²) in [5.41, 5.74) is 1.48. The Balaban J connectivity index is 1.90. The van der Waals surface area contributed by atoms with Crippen molar-refractivity contribution in [3.8, 4) is 0 Å². The van der Waals surface area contributed by atoms with Crippen molar-refractivity contribution >= 4 is 11.8 Å². The Morgan fingerprint density at radius 2 is 2.27 bits per heavy atom. The van der Waals surface area contributed by atoms with Crippen LogP contribution in [0.2, 0.25) is 0 Å². The van der Waals surface area contributed by atoms with Crippen LogP contribution < -0.4 is 0 Å². The summed E-state index contributed by atoms with van der Waals surface area (Å²) < 4.78 is 0. The molecule has 1 aliphatic heterocycles. The van der Waals surface area contributed by atoms with Gasteiger partial charge in [-0.3, -0.25) is 0 Å². The lowest BCUT2D eigenvalue weighted by molar-refractivity contribution is 0.222. The van der Waals surface area contributed by atoms with Crippen molar-refractivity contribution in [3.63, 3.8) is 0 Å². The summed E-state index contributed by atoms with van der Waals surface area (Å²) in [6.07, 6.45) is 1.16.